The van der Waals surface area contributed by atoms with E-state index in [-0.39, 0.29) is 18.4 Å². The molecule has 0 radical (unpaired) electrons. The van der Waals surface area contributed by atoms with Gasteiger partial charge in [0.25, 0.3) is 11.8 Å². The monoisotopic (exact) mass is 407 g/mol. The number of nitrogens with zero attached hydrogens (tertiary/aromatic N) is 3. The molecule has 0 aromatic heterocycles. The normalized spacial score (nSPS) is 14.7. The highest BCUT2D eigenvalue weighted by Crippen LogP contribution is 2.16. The first-order chi connectivity index (χ1) is 14.5. The second-order valence-electron chi connectivity index (χ2n) is 7.51. The summed E-state index contributed by atoms with van der Waals surface area (Å²) in [5, 5.41) is 0. The van der Waals surface area contributed by atoms with E-state index < -0.39 is 0 Å². The number of carbonyl (C=O) groups is 2. The number of carbonyl (C=O) groups excluding carboxylic acids is 2. The number of hydrogen-bond donors (Lipinski definition) is 0. The molecule has 1 aliphatic rings. The summed E-state index contributed by atoms with van der Waals surface area (Å²) in [6, 6.07) is 17.3. The molecule has 158 valence electrons. The summed E-state index contributed by atoms with van der Waals surface area (Å²) < 4.78 is 5.53. The maximum absolute atomic E-state index is 12.9. The lowest BCUT2D eigenvalue weighted by atomic mass is 10.1. The number of hydrogen-bond acceptors (Lipinski definition) is 4. The minimum absolute atomic E-state index is 0.00105. The zero-order valence-electron chi connectivity index (χ0n) is 17.7. The van der Waals surface area contributed by atoms with Gasteiger partial charge in [-0.25, -0.2) is 0 Å². The Balaban J connectivity index is 1.48. The lowest BCUT2D eigenvalue weighted by Crippen LogP contribution is -2.48. The molecule has 6 nitrogen and oxygen atoms in total. The molecule has 2 aromatic rings. The molecule has 0 atom stereocenters. The Morgan fingerprint density at radius 1 is 1.00 bits per heavy atom. The number of rotatable bonds is 7. The van der Waals surface area contributed by atoms with Gasteiger partial charge in [0, 0.05) is 52.4 Å². The Labute approximate surface area is 178 Å². The lowest BCUT2D eigenvalue weighted by molar-refractivity contribution is -0.130. The molecule has 0 aliphatic carbocycles. The molecule has 0 N–H and O–H groups in total. The summed E-state index contributed by atoms with van der Waals surface area (Å²) in [4.78, 5) is 30.2. The molecule has 1 saturated heterocycles. The van der Waals surface area contributed by atoms with Crippen LogP contribution in [0.15, 0.2) is 60.7 Å². The van der Waals surface area contributed by atoms with Crippen molar-refractivity contribution < 1.29 is 14.3 Å². The molecule has 1 heterocycles. The quantitative estimate of drug-likeness (QED) is 0.708. The van der Waals surface area contributed by atoms with Gasteiger partial charge in [-0.15, -0.1) is 0 Å². The van der Waals surface area contributed by atoms with Gasteiger partial charge >= 0.3 is 0 Å². The topological polar surface area (TPSA) is 53.1 Å². The summed E-state index contributed by atoms with van der Waals surface area (Å²) in [6.45, 7) is 3.92. The van der Waals surface area contributed by atoms with Crippen molar-refractivity contribution in [2.75, 3.05) is 53.4 Å². The summed E-state index contributed by atoms with van der Waals surface area (Å²) in [7, 11) is 3.37. The minimum atomic E-state index is -0.121. The van der Waals surface area contributed by atoms with Crippen LogP contribution in [0.1, 0.15) is 15.9 Å². The Morgan fingerprint density at radius 2 is 1.73 bits per heavy atom. The van der Waals surface area contributed by atoms with Gasteiger partial charge in [-0.3, -0.25) is 14.5 Å². The van der Waals surface area contributed by atoms with E-state index in [0.29, 0.717) is 24.4 Å². The highest BCUT2D eigenvalue weighted by Gasteiger charge is 2.22. The Bertz CT molecular complexity index is 872. The SMILES string of the molecule is CN(C)C(=O)COc1cccc(C(=O)N2CCN(C/C=C/c3ccccc3)CC2)c1. The van der Waals surface area contributed by atoms with Gasteiger partial charge in [0.15, 0.2) is 6.61 Å². The number of amides is 2. The Kier molecular flexibility index (Phi) is 7.63. The zero-order valence-corrected chi connectivity index (χ0v) is 17.7. The van der Waals surface area contributed by atoms with Gasteiger partial charge in [0.05, 0.1) is 0 Å². The smallest absolute Gasteiger partial charge is 0.259 e. The van der Waals surface area contributed by atoms with Gasteiger partial charge in [-0.05, 0) is 23.8 Å². The van der Waals surface area contributed by atoms with Crippen molar-refractivity contribution in [1.82, 2.24) is 14.7 Å². The first-order valence-electron chi connectivity index (χ1n) is 10.2. The molecular formula is C24H29N3O3. The van der Waals surface area contributed by atoms with E-state index in [9.17, 15) is 9.59 Å². The van der Waals surface area contributed by atoms with Crippen molar-refractivity contribution >= 4 is 17.9 Å². The molecular weight excluding hydrogens is 378 g/mol. The molecule has 30 heavy (non-hydrogen) atoms. The van der Waals surface area contributed by atoms with E-state index in [1.54, 1.807) is 38.4 Å². The molecule has 0 unspecified atom stereocenters. The summed E-state index contributed by atoms with van der Waals surface area (Å²) in [6.07, 6.45) is 4.30. The first-order valence-corrected chi connectivity index (χ1v) is 10.2. The predicted octanol–water partition coefficient (Wildman–Crippen LogP) is 2.62. The molecule has 0 saturated carbocycles. The second kappa shape index (κ2) is 10.6. The molecule has 2 amide bonds. The molecule has 3 rings (SSSR count). The van der Waals surface area contributed by atoms with Crippen molar-refractivity contribution in [2.24, 2.45) is 0 Å². The van der Waals surface area contributed by atoms with E-state index in [4.69, 9.17) is 4.74 Å². The first kappa shape index (κ1) is 21.6. The van der Waals surface area contributed by atoms with Gasteiger partial charge in [-0.1, -0.05) is 48.6 Å². The van der Waals surface area contributed by atoms with Crippen molar-refractivity contribution in [1.29, 1.82) is 0 Å². The third-order valence-electron chi connectivity index (χ3n) is 5.08. The third kappa shape index (κ3) is 6.19. The van der Waals surface area contributed by atoms with Crippen LogP contribution >= 0.6 is 0 Å². The van der Waals surface area contributed by atoms with Gasteiger partial charge in [0.1, 0.15) is 5.75 Å². The highest BCUT2D eigenvalue weighted by atomic mass is 16.5. The van der Waals surface area contributed by atoms with E-state index in [1.807, 2.05) is 23.1 Å². The van der Waals surface area contributed by atoms with Gasteiger partial charge in [-0.2, -0.15) is 0 Å². The number of piperazine rings is 1. The van der Waals surface area contributed by atoms with Crippen molar-refractivity contribution in [3.8, 4) is 5.75 Å². The maximum Gasteiger partial charge on any atom is 0.259 e. The average molecular weight is 408 g/mol. The fourth-order valence-electron chi connectivity index (χ4n) is 3.21. The number of benzene rings is 2. The largest absolute Gasteiger partial charge is 0.484 e. The molecule has 6 heteroatoms. The van der Waals surface area contributed by atoms with E-state index in [1.165, 1.54) is 10.5 Å². The fraction of sp³-hybridized carbons (Fsp3) is 0.333. The van der Waals surface area contributed by atoms with E-state index in [2.05, 4.69) is 29.2 Å². The summed E-state index contributed by atoms with van der Waals surface area (Å²) in [5.74, 6) is 0.406. The van der Waals surface area contributed by atoms with Crippen LogP contribution in [0.3, 0.4) is 0 Å². The third-order valence-corrected chi connectivity index (χ3v) is 5.08. The molecule has 2 aromatic carbocycles. The second-order valence-corrected chi connectivity index (χ2v) is 7.51. The average Bonchev–Trinajstić information content (AvgIpc) is 2.78. The fourth-order valence-corrected chi connectivity index (χ4v) is 3.21. The maximum atomic E-state index is 12.9. The Morgan fingerprint density at radius 3 is 2.43 bits per heavy atom. The van der Waals surface area contributed by atoms with Gasteiger partial charge < -0.3 is 14.5 Å². The zero-order chi connectivity index (χ0) is 21.3. The lowest BCUT2D eigenvalue weighted by Gasteiger charge is -2.34. The molecule has 1 aliphatic heterocycles. The van der Waals surface area contributed by atoms with Crippen LogP contribution in [-0.2, 0) is 4.79 Å². The van der Waals surface area contributed by atoms with Crippen molar-refractivity contribution in [3.05, 3.63) is 71.8 Å². The number of likely N-dealkylation sites (N-methyl/N-ethyl adjacent to an activating group) is 1. The summed E-state index contributed by atoms with van der Waals surface area (Å²) in [5.41, 5.74) is 1.78. The molecule has 0 spiro atoms. The van der Waals surface area contributed by atoms with E-state index >= 15 is 0 Å². The van der Waals surface area contributed by atoms with Gasteiger partial charge in [0.2, 0.25) is 0 Å². The standard InChI is InChI=1S/C24H29N3O3/c1-25(2)23(28)19-30-22-12-6-11-21(18-22)24(29)27-16-14-26(15-17-27)13-7-10-20-8-4-3-5-9-20/h3-12,18H,13-17,19H2,1-2H3/b10-7+. The predicted molar refractivity (Wildman–Crippen MR) is 118 cm³/mol. The van der Waals surface area contributed by atoms with Crippen LogP contribution in [0, 0.1) is 0 Å². The van der Waals surface area contributed by atoms with Crippen LogP contribution in [0.5, 0.6) is 5.75 Å². The summed E-state index contributed by atoms with van der Waals surface area (Å²) >= 11 is 0. The Hall–Kier alpha value is -3.12. The molecule has 0 bridgehead atoms. The van der Waals surface area contributed by atoms with E-state index in [0.717, 1.165) is 19.6 Å². The van der Waals surface area contributed by atoms with Crippen LogP contribution in [0.4, 0.5) is 0 Å². The van der Waals surface area contributed by atoms with Crippen LogP contribution in [0.2, 0.25) is 0 Å². The van der Waals surface area contributed by atoms with Crippen LogP contribution in [-0.4, -0.2) is 79.9 Å². The highest BCUT2D eigenvalue weighted by molar-refractivity contribution is 5.94. The van der Waals surface area contributed by atoms with Crippen molar-refractivity contribution in [2.45, 2.75) is 0 Å². The van der Waals surface area contributed by atoms with Crippen LogP contribution in [0.25, 0.3) is 6.08 Å². The minimum Gasteiger partial charge on any atom is -0.484 e. The van der Waals surface area contributed by atoms with Crippen molar-refractivity contribution in [3.63, 3.8) is 0 Å². The number of ether oxygens (including phenoxy) is 1. The van der Waals surface area contributed by atoms with Crippen LogP contribution < -0.4 is 4.74 Å². The molecule has 1 fully saturated rings.